The van der Waals surface area contributed by atoms with E-state index in [0.29, 0.717) is 41.2 Å². The molecule has 0 saturated carbocycles. The number of aliphatic imine (C=N–C) groups is 1. The van der Waals surface area contributed by atoms with Crippen LogP contribution in [0.3, 0.4) is 0 Å². The molecule has 2 aromatic rings. The topological polar surface area (TPSA) is 54.6 Å². The van der Waals surface area contributed by atoms with Gasteiger partial charge < -0.3 is 9.47 Å². The van der Waals surface area contributed by atoms with Gasteiger partial charge in [0.05, 0.1) is 12.3 Å². The van der Waals surface area contributed by atoms with E-state index in [-0.39, 0.29) is 12.0 Å². The molecule has 6 heteroatoms. The van der Waals surface area contributed by atoms with Crippen LogP contribution < -0.4 is 4.74 Å². The Labute approximate surface area is 156 Å². The largest absolute Gasteiger partial charge is 0.489 e. The molecule has 2 heterocycles. The fourth-order valence-electron chi connectivity index (χ4n) is 3.75. The number of ether oxygens (including phenoxy) is 2. The molecule has 2 unspecified atom stereocenters. The lowest BCUT2D eigenvalue weighted by atomic mass is 9.87. The van der Waals surface area contributed by atoms with Gasteiger partial charge in [-0.1, -0.05) is 6.07 Å². The van der Waals surface area contributed by atoms with E-state index in [1.165, 1.54) is 12.1 Å². The van der Waals surface area contributed by atoms with Crippen molar-refractivity contribution in [3.63, 3.8) is 0 Å². The number of hydrogen-bond donors (Lipinski definition) is 0. The number of halogens is 2. The summed E-state index contributed by atoms with van der Waals surface area (Å²) in [5, 5.41) is 9.10. The summed E-state index contributed by atoms with van der Waals surface area (Å²) in [6.45, 7) is 1.41. The second-order valence-corrected chi connectivity index (χ2v) is 6.87. The molecule has 1 saturated heterocycles. The monoisotopic (exact) mass is 368 g/mol. The Balaban J connectivity index is 1.70. The number of hydrogen-bond acceptors (Lipinski definition) is 4. The molecule has 2 aliphatic heterocycles. The smallest absolute Gasteiger partial charge is 0.205 e. The van der Waals surface area contributed by atoms with Crippen LogP contribution in [-0.2, 0) is 4.74 Å². The third-order valence-electron chi connectivity index (χ3n) is 5.07. The Morgan fingerprint density at radius 2 is 1.89 bits per heavy atom. The van der Waals surface area contributed by atoms with Crippen molar-refractivity contribution in [3.05, 3.63) is 53.6 Å². The zero-order chi connectivity index (χ0) is 18.8. The highest BCUT2D eigenvalue weighted by atomic mass is 19.1. The number of benzene rings is 2. The van der Waals surface area contributed by atoms with Crippen LogP contribution in [0.15, 0.2) is 41.4 Å². The lowest BCUT2D eigenvalue weighted by Gasteiger charge is -2.34. The first-order chi connectivity index (χ1) is 13.1. The molecule has 4 nitrogen and oxygen atoms in total. The van der Waals surface area contributed by atoms with Gasteiger partial charge in [0, 0.05) is 30.6 Å². The second-order valence-electron chi connectivity index (χ2n) is 6.87. The number of nitriles is 1. The maximum absolute atomic E-state index is 13.6. The van der Waals surface area contributed by atoms with Crippen LogP contribution >= 0.6 is 0 Å². The molecule has 138 valence electrons. The van der Waals surface area contributed by atoms with E-state index >= 15 is 0 Å². The molecule has 0 N–H and O–H groups in total. The molecule has 0 bridgehead atoms. The van der Waals surface area contributed by atoms with Crippen LogP contribution in [0, 0.1) is 29.0 Å². The lowest BCUT2D eigenvalue weighted by Crippen LogP contribution is -2.38. The van der Waals surface area contributed by atoms with Crippen molar-refractivity contribution in [3.8, 4) is 23.1 Å². The molecular formula is C21H18F2N2O2. The zero-order valence-electron chi connectivity index (χ0n) is 14.6. The van der Waals surface area contributed by atoms with Crippen LogP contribution in [0.2, 0.25) is 0 Å². The fourth-order valence-corrected chi connectivity index (χ4v) is 3.75. The van der Waals surface area contributed by atoms with Crippen molar-refractivity contribution < 1.29 is 18.3 Å². The third-order valence-corrected chi connectivity index (χ3v) is 5.07. The van der Waals surface area contributed by atoms with Crippen LogP contribution in [0.4, 0.5) is 8.78 Å². The van der Waals surface area contributed by atoms with Crippen LogP contribution in [0.5, 0.6) is 5.75 Å². The Kier molecular flexibility index (Phi) is 4.87. The van der Waals surface area contributed by atoms with Gasteiger partial charge in [0.15, 0.2) is 0 Å². The predicted molar refractivity (Wildman–Crippen MR) is 96.5 cm³/mol. The highest BCUT2D eigenvalue weighted by Gasteiger charge is 2.32. The van der Waals surface area contributed by atoms with Gasteiger partial charge in [0.25, 0.3) is 0 Å². The number of rotatable bonds is 2. The quantitative estimate of drug-likeness (QED) is 0.735. The van der Waals surface area contributed by atoms with Crippen molar-refractivity contribution in [1.82, 2.24) is 0 Å². The first-order valence-electron chi connectivity index (χ1n) is 8.95. The summed E-state index contributed by atoms with van der Waals surface area (Å²) >= 11 is 0. The van der Waals surface area contributed by atoms with E-state index < -0.39 is 11.6 Å². The van der Waals surface area contributed by atoms with Crippen LogP contribution in [0.1, 0.15) is 24.8 Å². The van der Waals surface area contributed by atoms with Gasteiger partial charge in [-0.3, -0.25) is 0 Å². The summed E-state index contributed by atoms with van der Waals surface area (Å²) in [5.41, 5.74) is 2.38. The number of nitrogens with zero attached hydrogens (tertiary/aromatic N) is 2. The summed E-state index contributed by atoms with van der Waals surface area (Å²) in [5.74, 6) is -0.385. The average molecular weight is 368 g/mol. The van der Waals surface area contributed by atoms with Gasteiger partial charge in [-0.25, -0.2) is 8.78 Å². The van der Waals surface area contributed by atoms with E-state index in [1.54, 1.807) is 18.2 Å². The first kappa shape index (κ1) is 17.6. The van der Waals surface area contributed by atoms with Crippen LogP contribution in [0.25, 0.3) is 11.1 Å². The van der Waals surface area contributed by atoms with Crippen LogP contribution in [-0.4, -0.2) is 25.0 Å². The van der Waals surface area contributed by atoms with E-state index in [1.807, 2.05) is 6.19 Å². The normalized spacial score (nSPS) is 23.4. The zero-order valence-corrected chi connectivity index (χ0v) is 14.6. The lowest BCUT2D eigenvalue weighted by molar-refractivity contribution is 0.00175. The summed E-state index contributed by atoms with van der Waals surface area (Å²) in [4.78, 5) is 3.99. The maximum atomic E-state index is 13.6. The maximum Gasteiger partial charge on any atom is 0.205 e. The Bertz CT molecular complexity index is 910. The molecule has 27 heavy (non-hydrogen) atoms. The standard InChI is InChI=1S/C21H18F2N2O2/c22-16-6-15(7-17(23)9-16)13-3-4-20-18(8-13)19(25-12-24)10-21(27-20)14-2-1-5-26-11-14/h3-4,6-9,14,21H,1-2,5,10-11H2. The molecule has 2 aromatic carbocycles. The first-order valence-corrected chi connectivity index (χ1v) is 8.95. The van der Waals surface area contributed by atoms with Crippen molar-refractivity contribution in [1.29, 1.82) is 5.26 Å². The molecule has 0 radical (unpaired) electrons. The minimum atomic E-state index is -0.637. The molecule has 1 fully saturated rings. The van der Waals surface area contributed by atoms with Crippen molar-refractivity contribution >= 4 is 5.71 Å². The molecule has 0 amide bonds. The van der Waals surface area contributed by atoms with Crippen molar-refractivity contribution in [2.75, 3.05) is 13.2 Å². The van der Waals surface area contributed by atoms with Gasteiger partial charge >= 0.3 is 0 Å². The Hall–Kier alpha value is -2.78. The van der Waals surface area contributed by atoms with Gasteiger partial charge in [0.2, 0.25) is 6.19 Å². The molecule has 0 aromatic heterocycles. The predicted octanol–water partition coefficient (Wildman–Crippen LogP) is 4.48. The molecule has 2 aliphatic rings. The summed E-state index contributed by atoms with van der Waals surface area (Å²) in [6.07, 6.45) is 4.28. The fraction of sp³-hybridized carbons (Fsp3) is 0.333. The van der Waals surface area contributed by atoms with Crippen molar-refractivity contribution in [2.45, 2.75) is 25.4 Å². The van der Waals surface area contributed by atoms with Crippen molar-refractivity contribution in [2.24, 2.45) is 10.9 Å². The van der Waals surface area contributed by atoms with E-state index in [9.17, 15) is 8.78 Å². The van der Waals surface area contributed by atoms with Gasteiger partial charge in [-0.05, 0) is 48.2 Å². The molecule has 0 spiro atoms. The van der Waals surface area contributed by atoms with E-state index in [0.717, 1.165) is 25.5 Å². The minimum absolute atomic E-state index is 0.0950. The van der Waals surface area contributed by atoms with Gasteiger partial charge in [0.1, 0.15) is 23.5 Å². The Morgan fingerprint density at radius 3 is 2.59 bits per heavy atom. The van der Waals surface area contributed by atoms with E-state index in [4.69, 9.17) is 14.7 Å². The van der Waals surface area contributed by atoms with E-state index in [2.05, 4.69) is 4.99 Å². The second kappa shape index (κ2) is 7.45. The van der Waals surface area contributed by atoms with Gasteiger partial charge in [-0.15, -0.1) is 0 Å². The summed E-state index contributed by atoms with van der Waals surface area (Å²) in [6, 6.07) is 8.69. The molecule has 0 aliphatic carbocycles. The highest BCUT2D eigenvalue weighted by molar-refractivity contribution is 6.05. The highest BCUT2D eigenvalue weighted by Crippen LogP contribution is 2.36. The molecule has 4 rings (SSSR count). The minimum Gasteiger partial charge on any atom is -0.489 e. The average Bonchev–Trinajstić information content (AvgIpc) is 2.68. The third kappa shape index (κ3) is 3.69. The van der Waals surface area contributed by atoms with Gasteiger partial charge in [-0.2, -0.15) is 10.3 Å². The summed E-state index contributed by atoms with van der Waals surface area (Å²) in [7, 11) is 0. The Morgan fingerprint density at radius 1 is 1.07 bits per heavy atom. The summed E-state index contributed by atoms with van der Waals surface area (Å²) < 4.78 is 38.9. The SMILES string of the molecule is N#CN=C1CC(C2CCCOC2)Oc2ccc(-c3cc(F)cc(F)c3)cc21. The molecule has 2 atom stereocenters. The molecular weight excluding hydrogens is 350 g/mol. The number of fused-ring (bicyclic) bond motifs is 1.